The smallest absolute Gasteiger partial charge is 0.317 e. The van der Waals surface area contributed by atoms with Crippen LogP contribution >= 0.6 is 11.6 Å². The number of rotatable bonds is 6. The van der Waals surface area contributed by atoms with Crippen molar-refractivity contribution in [3.63, 3.8) is 0 Å². The van der Waals surface area contributed by atoms with Gasteiger partial charge in [0.1, 0.15) is 0 Å². The van der Waals surface area contributed by atoms with Crippen molar-refractivity contribution in [1.29, 1.82) is 0 Å². The van der Waals surface area contributed by atoms with Gasteiger partial charge in [0.2, 0.25) is 0 Å². The molecule has 0 heterocycles. The molecule has 0 spiro atoms. The molecule has 0 rings (SSSR count). The van der Waals surface area contributed by atoms with Crippen LogP contribution in [0.25, 0.3) is 0 Å². The van der Waals surface area contributed by atoms with Gasteiger partial charge in [0, 0.05) is 17.6 Å². The number of halogens is 1. The minimum atomic E-state index is -0.930. The van der Waals surface area contributed by atoms with Gasteiger partial charge in [-0.15, -0.1) is 0 Å². The lowest BCUT2D eigenvalue weighted by Gasteiger charge is -2.26. The number of urea groups is 1. The van der Waals surface area contributed by atoms with E-state index in [1.165, 1.54) is 4.90 Å². The topological polar surface area (TPSA) is 69.6 Å². The van der Waals surface area contributed by atoms with Crippen molar-refractivity contribution in [2.75, 3.05) is 13.1 Å². The molecule has 0 aromatic rings. The maximum Gasteiger partial charge on any atom is 0.317 e. The summed E-state index contributed by atoms with van der Waals surface area (Å²) in [4.78, 5) is 23.5. The highest BCUT2D eigenvalue weighted by molar-refractivity contribution is 6.29. The summed E-state index contributed by atoms with van der Waals surface area (Å²) in [5, 5.41) is 11.4. The van der Waals surface area contributed by atoms with Gasteiger partial charge in [0.15, 0.2) is 0 Å². The molecule has 0 aromatic carbocycles. The van der Waals surface area contributed by atoms with Crippen molar-refractivity contribution in [1.82, 2.24) is 10.2 Å². The SMILES string of the molecule is C=C(Cl)CNC(=O)N(CCC(=O)O)C(C)C. The second-order valence-corrected chi connectivity index (χ2v) is 4.14. The summed E-state index contributed by atoms with van der Waals surface area (Å²) in [5.74, 6) is -0.930. The molecule has 0 saturated carbocycles. The Balaban J connectivity index is 4.24. The summed E-state index contributed by atoms with van der Waals surface area (Å²) < 4.78 is 0. The van der Waals surface area contributed by atoms with E-state index in [1.54, 1.807) is 0 Å². The Morgan fingerprint density at radius 1 is 1.50 bits per heavy atom. The van der Waals surface area contributed by atoms with Crippen LogP contribution < -0.4 is 5.32 Å². The zero-order valence-electron chi connectivity index (χ0n) is 9.49. The summed E-state index contributed by atoms with van der Waals surface area (Å²) in [7, 11) is 0. The van der Waals surface area contributed by atoms with Crippen molar-refractivity contribution >= 4 is 23.6 Å². The number of carboxylic acid groups (broad SMARTS) is 1. The number of carbonyl (C=O) groups is 2. The average molecular weight is 249 g/mol. The lowest BCUT2D eigenvalue weighted by Crippen LogP contribution is -2.45. The summed E-state index contributed by atoms with van der Waals surface area (Å²) in [6, 6.07) is -0.402. The third kappa shape index (κ3) is 6.29. The predicted octanol–water partition coefficient (Wildman–Crippen LogP) is 1.63. The minimum absolute atomic E-state index is 0.0667. The summed E-state index contributed by atoms with van der Waals surface area (Å²) >= 11 is 5.51. The van der Waals surface area contributed by atoms with Crippen molar-refractivity contribution < 1.29 is 14.7 Å². The van der Waals surface area contributed by atoms with Gasteiger partial charge in [-0.1, -0.05) is 18.2 Å². The Morgan fingerprint density at radius 3 is 2.44 bits per heavy atom. The van der Waals surface area contributed by atoms with Crippen molar-refractivity contribution in [3.05, 3.63) is 11.6 Å². The Kier molecular flexibility index (Phi) is 6.56. The highest BCUT2D eigenvalue weighted by Crippen LogP contribution is 2.01. The molecule has 0 bridgehead atoms. The zero-order valence-corrected chi connectivity index (χ0v) is 10.3. The van der Waals surface area contributed by atoms with Crippen LogP contribution in [0.3, 0.4) is 0 Å². The fraction of sp³-hybridized carbons (Fsp3) is 0.600. The van der Waals surface area contributed by atoms with E-state index in [0.717, 1.165) is 0 Å². The highest BCUT2D eigenvalue weighted by atomic mass is 35.5. The monoisotopic (exact) mass is 248 g/mol. The van der Waals surface area contributed by atoms with Crippen LogP contribution in [0.4, 0.5) is 4.79 Å². The van der Waals surface area contributed by atoms with E-state index in [0.29, 0.717) is 5.03 Å². The minimum Gasteiger partial charge on any atom is -0.481 e. The van der Waals surface area contributed by atoms with E-state index in [9.17, 15) is 9.59 Å². The molecule has 6 heteroatoms. The quantitative estimate of drug-likeness (QED) is 0.751. The normalized spacial score (nSPS) is 10.0. The molecule has 0 unspecified atom stereocenters. The van der Waals surface area contributed by atoms with Gasteiger partial charge in [-0.05, 0) is 13.8 Å². The standard InChI is InChI=1S/C10H17ClN2O3/c1-7(2)13(5-4-9(14)15)10(16)12-6-8(3)11/h7H,3-6H2,1-2H3,(H,12,16)(H,14,15). The molecule has 0 radical (unpaired) electrons. The molecule has 0 aromatic heterocycles. The maximum atomic E-state index is 11.6. The van der Waals surface area contributed by atoms with Gasteiger partial charge in [-0.2, -0.15) is 0 Å². The molecule has 0 saturated heterocycles. The summed E-state index contributed by atoms with van der Waals surface area (Å²) in [6.07, 6.45) is -0.0760. The van der Waals surface area contributed by atoms with Crippen LogP contribution in [-0.4, -0.2) is 41.1 Å². The van der Waals surface area contributed by atoms with Crippen molar-refractivity contribution in [3.8, 4) is 0 Å². The van der Waals surface area contributed by atoms with Crippen LogP contribution in [-0.2, 0) is 4.79 Å². The fourth-order valence-corrected chi connectivity index (χ4v) is 1.15. The third-order valence-electron chi connectivity index (χ3n) is 1.88. The van der Waals surface area contributed by atoms with Gasteiger partial charge in [0.25, 0.3) is 0 Å². The molecule has 0 fully saturated rings. The number of carboxylic acids is 1. The number of nitrogens with one attached hydrogen (secondary N) is 1. The molecule has 2 amide bonds. The first-order valence-corrected chi connectivity index (χ1v) is 5.32. The lowest BCUT2D eigenvalue weighted by atomic mass is 10.3. The number of amides is 2. The van der Waals surface area contributed by atoms with Gasteiger partial charge in [-0.25, -0.2) is 4.79 Å². The van der Waals surface area contributed by atoms with Crippen LogP contribution in [0.1, 0.15) is 20.3 Å². The first-order valence-electron chi connectivity index (χ1n) is 4.94. The Morgan fingerprint density at radius 2 is 2.06 bits per heavy atom. The van der Waals surface area contributed by atoms with Gasteiger partial charge < -0.3 is 15.3 Å². The molecule has 0 atom stereocenters. The van der Waals surface area contributed by atoms with Gasteiger partial charge in [0.05, 0.1) is 13.0 Å². The van der Waals surface area contributed by atoms with Crippen LogP contribution in [0.15, 0.2) is 11.6 Å². The van der Waals surface area contributed by atoms with E-state index < -0.39 is 5.97 Å². The van der Waals surface area contributed by atoms with E-state index in [1.807, 2.05) is 13.8 Å². The van der Waals surface area contributed by atoms with E-state index in [-0.39, 0.29) is 31.6 Å². The molecule has 92 valence electrons. The van der Waals surface area contributed by atoms with Gasteiger partial charge in [-0.3, -0.25) is 4.79 Å². The molecular weight excluding hydrogens is 232 g/mol. The van der Waals surface area contributed by atoms with E-state index in [4.69, 9.17) is 16.7 Å². The second-order valence-electron chi connectivity index (χ2n) is 3.61. The van der Waals surface area contributed by atoms with Crippen LogP contribution in [0.2, 0.25) is 0 Å². The third-order valence-corrected chi connectivity index (χ3v) is 2.02. The van der Waals surface area contributed by atoms with Crippen molar-refractivity contribution in [2.45, 2.75) is 26.3 Å². The van der Waals surface area contributed by atoms with Gasteiger partial charge >= 0.3 is 12.0 Å². The maximum absolute atomic E-state index is 11.6. The predicted molar refractivity (Wildman–Crippen MR) is 62.5 cm³/mol. The largest absolute Gasteiger partial charge is 0.481 e. The highest BCUT2D eigenvalue weighted by Gasteiger charge is 2.17. The van der Waals surface area contributed by atoms with Crippen LogP contribution in [0.5, 0.6) is 0 Å². The Labute approximate surface area is 100 Å². The molecular formula is C10H17ClN2O3. The zero-order chi connectivity index (χ0) is 12.7. The first-order chi connectivity index (χ1) is 7.34. The molecule has 2 N–H and O–H groups in total. The number of hydrogen-bond donors (Lipinski definition) is 2. The Bertz CT molecular complexity index is 279. The van der Waals surface area contributed by atoms with E-state index in [2.05, 4.69) is 11.9 Å². The first kappa shape index (κ1) is 14.8. The summed E-state index contributed by atoms with van der Waals surface area (Å²) in [5.41, 5.74) is 0. The molecule has 0 aliphatic carbocycles. The average Bonchev–Trinajstić information content (AvgIpc) is 2.13. The Hall–Kier alpha value is -1.23. The molecule has 5 nitrogen and oxygen atoms in total. The van der Waals surface area contributed by atoms with E-state index >= 15 is 0 Å². The number of hydrogen-bond acceptors (Lipinski definition) is 2. The van der Waals surface area contributed by atoms with Crippen molar-refractivity contribution in [2.24, 2.45) is 0 Å². The summed E-state index contributed by atoms with van der Waals surface area (Å²) in [6.45, 7) is 7.43. The molecule has 16 heavy (non-hydrogen) atoms. The fourth-order valence-electron chi connectivity index (χ4n) is 1.08. The molecule has 0 aliphatic rings. The number of nitrogens with zero attached hydrogens (tertiary/aromatic N) is 1. The second kappa shape index (κ2) is 7.11. The number of carbonyl (C=O) groups excluding carboxylic acids is 1. The lowest BCUT2D eigenvalue weighted by molar-refractivity contribution is -0.137. The number of aliphatic carboxylic acids is 1. The molecule has 0 aliphatic heterocycles. The van der Waals surface area contributed by atoms with Crippen LogP contribution in [0, 0.1) is 0 Å².